The molecule has 0 spiro atoms. The smallest absolute Gasteiger partial charge is 0.269 e. The number of nitrogens with two attached hydrogens (primary N) is 1. The highest BCUT2D eigenvalue weighted by molar-refractivity contribution is 5.69. The fourth-order valence-electron chi connectivity index (χ4n) is 1.87. The Hall–Kier alpha value is -3.29. The summed E-state index contributed by atoms with van der Waals surface area (Å²) in [6.07, 6.45) is 6.32. The molecule has 2 heterocycles. The van der Waals surface area contributed by atoms with Gasteiger partial charge >= 0.3 is 0 Å². The topological polar surface area (TPSA) is 113 Å². The number of hydrogen-bond donors (Lipinski definition) is 1. The summed E-state index contributed by atoms with van der Waals surface area (Å²) in [6.45, 7) is 0. The number of benzene rings is 1. The van der Waals surface area contributed by atoms with Crippen molar-refractivity contribution >= 4 is 11.4 Å². The summed E-state index contributed by atoms with van der Waals surface area (Å²) < 4.78 is 1.54. The molecule has 1 aromatic carbocycles. The molecular weight excluding hydrogens is 272 g/mol. The zero-order chi connectivity index (χ0) is 14.8. The fraction of sp³-hybridized carbons (Fsp3) is 0. The van der Waals surface area contributed by atoms with Crippen LogP contribution in [0.1, 0.15) is 0 Å². The largest absolute Gasteiger partial charge is 0.396 e. The Morgan fingerprint density at radius 3 is 2.57 bits per heavy atom. The van der Waals surface area contributed by atoms with Crippen molar-refractivity contribution in [2.75, 3.05) is 5.73 Å². The maximum Gasteiger partial charge on any atom is 0.269 e. The van der Waals surface area contributed by atoms with Gasteiger partial charge in [-0.1, -0.05) is 0 Å². The van der Waals surface area contributed by atoms with E-state index < -0.39 is 4.92 Å². The molecular formula is C13H10N6O2. The van der Waals surface area contributed by atoms with Crippen LogP contribution in [0, 0.1) is 10.1 Å². The van der Waals surface area contributed by atoms with E-state index in [2.05, 4.69) is 15.1 Å². The summed E-state index contributed by atoms with van der Waals surface area (Å²) in [5, 5.41) is 15.0. The molecule has 0 radical (unpaired) electrons. The Balaban J connectivity index is 1.99. The van der Waals surface area contributed by atoms with Crippen LogP contribution < -0.4 is 5.73 Å². The highest BCUT2D eigenvalue weighted by Gasteiger charge is 2.12. The molecule has 0 aliphatic heterocycles. The lowest BCUT2D eigenvalue weighted by atomic mass is 10.3. The molecule has 0 fully saturated rings. The summed E-state index contributed by atoms with van der Waals surface area (Å²) in [7, 11) is 0. The molecule has 0 saturated heterocycles. The molecule has 0 aliphatic rings. The molecule has 0 amide bonds. The van der Waals surface area contributed by atoms with E-state index >= 15 is 0 Å². The Kier molecular flexibility index (Phi) is 3.03. The van der Waals surface area contributed by atoms with Gasteiger partial charge in [-0.2, -0.15) is 5.10 Å². The van der Waals surface area contributed by atoms with Gasteiger partial charge in [0.25, 0.3) is 5.69 Å². The number of hydrogen-bond acceptors (Lipinski definition) is 6. The Morgan fingerprint density at radius 1 is 1.19 bits per heavy atom. The van der Waals surface area contributed by atoms with E-state index in [0.29, 0.717) is 22.8 Å². The normalized spacial score (nSPS) is 10.5. The van der Waals surface area contributed by atoms with Crippen molar-refractivity contribution in [2.45, 2.75) is 0 Å². The van der Waals surface area contributed by atoms with Crippen molar-refractivity contribution in [3.05, 3.63) is 59.2 Å². The van der Waals surface area contributed by atoms with Crippen LogP contribution in [0.25, 0.3) is 17.1 Å². The van der Waals surface area contributed by atoms with Crippen molar-refractivity contribution in [3.63, 3.8) is 0 Å². The molecule has 21 heavy (non-hydrogen) atoms. The van der Waals surface area contributed by atoms with Crippen molar-refractivity contribution < 1.29 is 4.92 Å². The predicted octanol–water partition coefficient (Wildman–Crippen LogP) is 1.82. The molecule has 0 bridgehead atoms. The van der Waals surface area contributed by atoms with E-state index in [-0.39, 0.29) is 5.69 Å². The average molecular weight is 282 g/mol. The molecule has 2 N–H and O–H groups in total. The second-order valence-electron chi connectivity index (χ2n) is 4.24. The lowest BCUT2D eigenvalue weighted by Crippen LogP contribution is -1.96. The first-order chi connectivity index (χ1) is 10.1. The molecule has 3 rings (SSSR count). The second-order valence-corrected chi connectivity index (χ2v) is 4.24. The maximum absolute atomic E-state index is 10.6. The molecule has 0 aliphatic carbocycles. The van der Waals surface area contributed by atoms with E-state index in [1.54, 1.807) is 41.6 Å². The Labute approximate surface area is 119 Å². The van der Waals surface area contributed by atoms with Crippen LogP contribution in [0.3, 0.4) is 0 Å². The first-order valence-electron chi connectivity index (χ1n) is 6.01. The lowest BCUT2D eigenvalue weighted by Gasteiger charge is -2.00. The van der Waals surface area contributed by atoms with Crippen LogP contribution in [0.2, 0.25) is 0 Å². The SMILES string of the molecule is Nc1cn(-c2ccc([N+](=O)[O-])cc2)nc1-c1cnccn1. The molecule has 104 valence electrons. The fourth-order valence-corrected chi connectivity index (χ4v) is 1.87. The third-order valence-corrected chi connectivity index (χ3v) is 2.87. The van der Waals surface area contributed by atoms with Crippen molar-refractivity contribution in [1.82, 2.24) is 19.7 Å². The van der Waals surface area contributed by atoms with Crippen LogP contribution in [0.4, 0.5) is 11.4 Å². The quantitative estimate of drug-likeness (QED) is 0.579. The second kappa shape index (κ2) is 5.00. The molecule has 0 unspecified atom stereocenters. The van der Waals surface area contributed by atoms with Crippen molar-refractivity contribution in [1.29, 1.82) is 0 Å². The molecule has 3 aromatic rings. The number of aromatic nitrogens is 4. The number of rotatable bonds is 3. The minimum atomic E-state index is -0.452. The minimum absolute atomic E-state index is 0.0213. The van der Waals surface area contributed by atoms with E-state index in [1.807, 2.05) is 0 Å². The summed E-state index contributed by atoms with van der Waals surface area (Å²) >= 11 is 0. The van der Waals surface area contributed by atoms with Gasteiger partial charge in [-0.25, -0.2) is 4.68 Å². The predicted molar refractivity (Wildman–Crippen MR) is 75.7 cm³/mol. The lowest BCUT2D eigenvalue weighted by molar-refractivity contribution is -0.384. The van der Waals surface area contributed by atoms with Crippen LogP contribution in [0.5, 0.6) is 0 Å². The summed E-state index contributed by atoms with van der Waals surface area (Å²) in [5.41, 5.74) is 8.15. The maximum atomic E-state index is 10.6. The van der Waals surface area contributed by atoms with Gasteiger partial charge in [0.05, 0.1) is 28.7 Å². The number of non-ortho nitro benzene ring substituents is 1. The number of anilines is 1. The molecule has 2 aromatic heterocycles. The highest BCUT2D eigenvalue weighted by Crippen LogP contribution is 2.23. The van der Waals surface area contributed by atoms with E-state index in [9.17, 15) is 10.1 Å². The van der Waals surface area contributed by atoms with Gasteiger partial charge in [-0.15, -0.1) is 0 Å². The van der Waals surface area contributed by atoms with E-state index in [4.69, 9.17) is 5.73 Å². The van der Waals surface area contributed by atoms with Gasteiger partial charge in [0.2, 0.25) is 0 Å². The zero-order valence-electron chi connectivity index (χ0n) is 10.7. The van der Waals surface area contributed by atoms with Gasteiger partial charge in [0.15, 0.2) is 0 Å². The van der Waals surface area contributed by atoms with Crippen LogP contribution in [-0.4, -0.2) is 24.7 Å². The van der Waals surface area contributed by atoms with Gasteiger partial charge < -0.3 is 5.73 Å². The Bertz CT molecular complexity index is 782. The molecule has 0 saturated carbocycles. The van der Waals surface area contributed by atoms with Crippen molar-refractivity contribution in [3.8, 4) is 17.1 Å². The van der Waals surface area contributed by atoms with E-state index in [1.165, 1.54) is 12.1 Å². The zero-order valence-corrected chi connectivity index (χ0v) is 10.7. The van der Waals surface area contributed by atoms with Gasteiger partial charge in [0, 0.05) is 24.5 Å². The van der Waals surface area contributed by atoms with Gasteiger partial charge in [-0.05, 0) is 12.1 Å². The standard InChI is InChI=1S/C13H10N6O2/c14-11-8-18(9-1-3-10(4-2-9)19(20)21)17-13(11)12-7-15-5-6-16-12/h1-8H,14H2. The number of nitro benzene ring substituents is 1. The van der Waals surface area contributed by atoms with E-state index in [0.717, 1.165) is 0 Å². The van der Waals surface area contributed by atoms with Crippen molar-refractivity contribution in [2.24, 2.45) is 0 Å². The molecule has 8 nitrogen and oxygen atoms in total. The van der Waals surface area contributed by atoms with Crippen LogP contribution in [-0.2, 0) is 0 Å². The van der Waals surface area contributed by atoms with Crippen LogP contribution in [0.15, 0.2) is 49.1 Å². The van der Waals surface area contributed by atoms with Gasteiger partial charge in [-0.3, -0.25) is 20.1 Å². The minimum Gasteiger partial charge on any atom is -0.396 e. The van der Waals surface area contributed by atoms with Gasteiger partial charge in [0.1, 0.15) is 11.4 Å². The monoisotopic (exact) mass is 282 g/mol. The third-order valence-electron chi connectivity index (χ3n) is 2.87. The number of nitrogens with zero attached hydrogens (tertiary/aromatic N) is 5. The summed E-state index contributed by atoms with van der Waals surface area (Å²) in [6, 6.07) is 6.03. The van der Waals surface area contributed by atoms with Crippen LogP contribution >= 0.6 is 0 Å². The molecule has 8 heteroatoms. The number of nitro groups is 1. The average Bonchev–Trinajstić information content (AvgIpc) is 2.90. The summed E-state index contributed by atoms with van der Waals surface area (Å²) in [4.78, 5) is 18.3. The number of nitrogen functional groups attached to an aromatic ring is 1. The molecule has 0 atom stereocenters. The first-order valence-corrected chi connectivity index (χ1v) is 6.01. The third kappa shape index (κ3) is 2.41. The summed E-state index contributed by atoms with van der Waals surface area (Å²) in [5.74, 6) is 0. The Morgan fingerprint density at radius 2 is 1.95 bits per heavy atom. The highest BCUT2D eigenvalue weighted by atomic mass is 16.6. The first kappa shape index (κ1) is 12.7.